The molecule has 2 saturated heterocycles. The number of esters is 1. The molecule has 1 aromatic carbocycles. The number of hydrogen-bond donors (Lipinski definition) is 0. The number of rotatable bonds is 5. The van der Waals surface area contributed by atoms with Crippen molar-refractivity contribution in [3.05, 3.63) is 33.8 Å². The third-order valence-corrected chi connectivity index (χ3v) is 5.77. The summed E-state index contributed by atoms with van der Waals surface area (Å²) in [5.74, 6) is 0.648. The molecule has 1 aromatic rings. The van der Waals surface area contributed by atoms with Crippen LogP contribution in [0.25, 0.3) is 0 Å². The van der Waals surface area contributed by atoms with Gasteiger partial charge in [0.25, 0.3) is 0 Å². The van der Waals surface area contributed by atoms with Crippen LogP contribution in [0.1, 0.15) is 51.0 Å². The Morgan fingerprint density at radius 2 is 2.08 bits per heavy atom. The second-order valence-electron chi connectivity index (χ2n) is 7.33. The Kier molecular flexibility index (Phi) is 5.74. The van der Waals surface area contributed by atoms with Gasteiger partial charge in [-0.15, -0.1) is 0 Å². The first kappa shape index (κ1) is 18.0. The first-order chi connectivity index (χ1) is 11.4. The molecule has 0 aliphatic carbocycles. The minimum Gasteiger partial charge on any atom is -0.465 e. The fourth-order valence-corrected chi connectivity index (χ4v) is 4.18. The van der Waals surface area contributed by atoms with E-state index in [1.165, 1.54) is 0 Å². The molecule has 0 saturated carbocycles. The Bertz CT molecular complexity index is 602. The van der Waals surface area contributed by atoms with Gasteiger partial charge in [0.1, 0.15) is 0 Å². The van der Waals surface area contributed by atoms with Gasteiger partial charge >= 0.3 is 5.97 Å². The molecule has 0 aromatic heterocycles. The summed E-state index contributed by atoms with van der Waals surface area (Å²) in [5, 5.41) is 1.14. The molecule has 2 aliphatic rings. The van der Waals surface area contributed by atoms with Crippen LogP contribution in [0.4, 0.5) is 0 Å². The lowest BCUT2D eigenvalue weighted by atomic mass is 9.79. The maximum absolute atomic E-state index is 11.9. The van der Waals surface area contributed by atoms with E-state index in [9.17, 15) is 4.79 Å². The maximum Gasteiger partial charge on any atom is 0.306 e. The van der Waals surface area contributed by atoms with Gasteiger partial charge in [0.15, 0.2) is 0 Å². The van der Waals surface area contributed by atoms with Gasteiger partial charge in [0.05, 0.1) is 28.9 Å². The van der Waals surface area contributed by atoms with Gasteiger partial charge in [-0.1, -0.05) is 43.1 Å². The van der Waals surface area contributed by atoms with Crippen LogP contribution >= 0.6 is 23.2 Å². The summed E-state index contributed by atoms with van der Waals surface area (Å²) in [6.07, 6.45) is 3.99. The van der Waals surface area contributed by atoms with Crippen LogP contribution in [-0.2, 0) is 14.3 Å². The highest BCUT2D eigenvalue weighted by Gasteiger charge is 2.44. The van der Waals surface area contributed by atoms with Crippen molar-refractivity contribution in [3.63, 3.8) is 0 Å². The predicted molar refractivity (Wildman–Crippen MR) is 95.6 cm³/mol. The smallest absolute Gasteiger partial charge is 0.306 e. The van der Waals surface area contributed by atoms with Crippen LogP contribution in [0.2, 0.25) is 10.0 Å². The Labute approximate surface area is 153 Å². The third kappa shape index (κ3) is 4.07. The number of halogens is 2. The zero-order chi connectivity index (χ0) is 17.3. The minimum atomic E-state index is -0.127. The summed E-state index contributed by atoms with van der Waals surface area (Å²) in [4.78, 5) is 11.9. The van der Waals surface area contributed by atoms with E-state index < -0.39 is 0 Å². The summed E-state index contributed by atoms with van der Waals surface area (Å²) < 4.78 is 11.6. The van der Waals surface area contributed by atoms with Gasteiger partial charge in [-0.3, -0.25) is 4.79 Å². The van der Waals surface area contributed by atoms with Crippen LogP contribution in [0.15, 0.2) is 18.2 Å². The van der Waals surface area contributed by atoms with E-state index in [0.29, 0.717) is 35.1 Å². The van der Waals surface area contributed by atoms with Crippen molar-refractivity contribution in [2.45, 2.75) is 57.7 Å². The van der Waals surface area contributed by atoms with E-state index in [1.54, 1.807) is 0 Å². The van der Waals surface area contributed by atoms with Crippen molar-refractivity contribution < 1.29 is 14.3 Å². The first-order valence-corrected chi connectivity index (χ1v) is 9.45. The molecule has 0 spiro atoms. The summed E-state index contributed by atoms with van der Waals surface area (Å²) in [5.41, 5.74) is 1.16. The number of carbonyl (C=O) groups excluding carboxylic acids is 1. The standard InChI is InChI=1S/C19H24Cl2O3/c1-11(2)7-19(22)23-10-15-14(9-13-4-6-18(15)24-13)12-3-5-16(20)17(21)8-12/h3,5,8,11,13-15,18H,4,6-7,9-10H2,1-2H3. The van der Waals surface area contributed by atoms with Gasteiger partial charge in [0.2, 0.25) is 0 Å². The molecule has 4 atom stereocenters. The average molecular weight is 371 g/mol. The summed E-state index contributed by atoms with van der Waals surface area (Å²) in [6.45, 7) is 4.45. The van der Waals surface area contributed by atoms with Gasteiger partial charge in [-0.25, -0.2) is 0 Å². The average Bonchev–Trinajstić information content (AvgIpc) is 2.90. The zero-order valence-electron chi connectivity index (χ0n) is 14.1. The normalized spacial score (nSPS) is 29.0. The highest BCUT2D eigenvalue weighted by Crippen LogP contribution is 2.46. The van der Waals surface area contributed by atoms with E-state index in [2.05, 4.69) is 0 Å². The molecule has 3 nitrogen and oxygen atoms in total. The van der Waals surface area contributed by atoms with Crippen LogP contribution in [0, 0.1) is 11.8 Å². The lowest BCUT2D eigenvalue weighted by Gasteiger charge is -2.37. The number of hydrogen-bond acceptors (Lipinski definition) is 3. The van der Waals surface area contributed by atoms with E-state index in [4.69, 9.17) is 32.7 Å². The largest absolute Gasteiger partial charge is 0.465 e. The first-order valence-electron chi connectivity index (χ1n) is 8.70. The third-order valence-electron chi connectivity index (χ3n) is 5.04. The number of fused-ring (bicyclic) bond motifs is 2. The lowest BCUT2D eigenvalue weighted by molar-refractivity contribution is -0.149. The molecule has 0 N–H and O–H groups in total. The summed E-state index contributed by atoms with van der Waals surface area (Å²) in [6, 6.07) is 5.83. The quantitative estimate of drug-likeness (QED) is 0.665. The van der Waals surface area contributed by atoms with Gasteiger partial charge in [-0.05, 0) is 48.8 Å². The molecule has 2 aliphatic heterocycles. The molecule has 5 heteroatoms. The predicted octanol–water partition coefficient (Wildman–Crippen LogP) is 5.23. The highest BCUT2D eigenvalue weighted by atomic mass is 35.5. The number of carbonyl (C=O) groups is 1. The topological polar surface area (TPSA) is 35.5 Å². The maximum atomic E-state index is 11.9. The van der Waals surface area contributed by atoms with Crippen LogP contribution in [-0.4, -0.2) is 24.8 Å². The van der Waals surface area contributed by atoms with Crippen molar-refractivity contribution >= 4 is 29.2 Å². The van der Waals surface area contributed by atoms with Crippen molar-refractivity contribution in [1.29, 1.82) is 0 Å². The van der Waals surface area contributed by atoms with Gasteiger partial charge < -0.3 is 9.47 Å². The van der Waals surface area contributed by atoms with Crippen LogP contribution in [0.3, 0.4) is 0 Å². The fraction of sp³-hybridized carbons (Fsp3) is 0.632. The molecule has 24 heavy (non-hydrogen) atoms. The fourth-order valence-electron chi connectivity index (χ4n) is 3.87. The summed E-state index contributed by atoms with van der Waals surface area (Å²) in [7, 11) is 0. The van der Waals surface area contributed by atoms with Crippen LogP contribution in [0.5, 0.6) is 0 Å². The number of ether oxygens (including phenoxy) is 2. The van der Waals surface area contributed by atoms with Gasteiger partial charge in [0, 0.05) is 12.3 Å². The number of benzene rings is 1. The SMILES string of the molecule is CC(C)CC(=O)OCC1C2CCC(CC1c1ccc(Cl)c(Cl)c1)O2. The second-order valence-corrected chi connectivity index (χ2v) is 8.15. The van der Waals surface area contributed by atoms with Crippen molar-refractivity contribution in [2.75, 3.05) is 6.61 Å². The lowest BCUT2D eigenvalue weighted by Crippen LogP contribution is -2.37. The van der Waals surface area contributed by atoms with E-state index in [1.807, 2.05) is 32.0 Å². The zero-order valence-corrected chi connectivity index (χ0v) is 15.6. The van der Waals surface area contributed by atoms with Crippen molar-refractivity contribution in [2.24, 2.45) is 11.8 Å². The Hall–Kier alpha value is -0.770. The molecule has 2 heterocycles. The molecule has 2 fully saturated rings. The van der Waals surface area contributed by atoms with Crippen molar-refractivity contribution in [1.82, 2.24) is 0 Å². The Morgan fingerprint density at radius 1 is 1.29 bits per heavy atom. The Morgan fingerprint density at radius 3 is 2.79 bits per heavy atom. The molecular formula is C19H24Cl2O3. The molecule has 132 valence electrons. The monoisotopic (exact) mass is 370 g/mol. The summed E-state index contributed by atoms with van der Waals surface area (Å²) >= 11 is 12.3. The van der Waals surface area contributed by atoms with E-state index in [0.717, 1.165) is 24.8 Å². The molecule has 0 amide bonds. The second kappa shape index (κ2) is 7.63. The highest BCUT2D eigenvalue weighted by molar-refractivity contribution is 6.42. The van der Waals surface area contributed by atoms with Crippen molar-refractivity contribution in [3.8, 4) is 0 Å². The van der Waals surface area contributed by atoms with Gasteiger partial charge in [-0.2, -0.15) is 0 Å². The minimum absolute atomic E-state index is 0.127. The molecule has 4 unspecified atom stereocenters. The molecule has 3 rings (SSSR count). The molecular weight excluding hydrogens is 347 g/mol. The molecule has 2 bridgehead atoms. The van der Waals surface area contributed by atoms with E-state index in [-0.39, 0.29) is 23.9 Å². The molecule has 0 radical (unpaired) electrons. The Balaban J connectivity index is 1.75. The van der Waals surface area contributed by atoms with Crippen LogP contribution < -0.4 is 0 Å². The van der Waals surface area contributed by atoms with E-state index >= 15 is 0 Å².